The number of hydrogen-bond acceptors (Lipinski definition) is 2. The summed E-state index contributed by atoms with van der Waals surface area (Å²) < 4.78 is 1.89. The molecule has 1 N–H and O–H groups in total. The van der Waals surface area contributed by atoms with E-state index in [9.17, 15) is 0 Å². The Hall–Kier alpha value is -0.0900. The average molecular weight is 306 g/mol. The van der Waals surface area contributed by atoms with Gasteiger partial charge in [-0.2, -0.15) is 0 Å². The molecule has 0 bridgehead atoms. The van der Waals surface area contributed by atoms with Crippen molar-refractivity contribution in [3.05, 3.63) is 21.3 Å². The van der Waals surface area contributed by atoms with Crippen LogP contribution in [0.15, 0.2) is 21.3 Å². The summed E-state index contributed by atoms with van der Waals surface area (Å²) in [7, 11) is 0. The molecule has 1 heterocycles. The highest BCUT2D eigenvalue weighted by molar-refractivity contribution is 9.11. The van der Waals surface area contributed by atoms with Crippen molar-refractivity contribution in [2.24, 2.45) is 5.92 Å². The van der Waals surface area contributed by atoms with E-state index in [-0.39, 0.29) is 0 Å². The summed E-state index contributed by atoms with van der Waals surface area (Å²) in [5, 5.41) is 3.44. The normalized spacial score (nSPS) is 25.8. The van der Waals surface area contributed by atoms with Crippen LogP contribution in [0.1, 0.15) is 13.3 Å². The molecule has 0 radical (unpaired) electrons. The van der Waals surface area contributed by atoms with Gasteiger partial charge in [-0.3, -0.25) is 0 Å². The lowest BCUT2D eigenvalue weighted by molar-refractivity contribution is 0.927. The van der Waals surface area contributed by atoms with Crippen molar-refractivity contribution in [3.63, 3.8) is 0 Å². The maximum absolute atomic E-state index is 4.19. The first-order valence-electron chi connectivity index (χ1n) is 4.24. The summed E-state index contributed by atoms with van der Waals surface area (Å²) in [4.78, 5) is 4.19. The van der Waals surface area contributed by atoms with Gasteiger partial charge in [-0.15, -0.1) is 0 Å². The van der Waals surface area contributed by atoms with E-state index < -0.39 is 0 Å². The van der Waals surface area contributed by atoms with Gasteiger partial charge >= 0.3 is 0 Å². The minimum Gasteiger partial charge on any atom is -0.380 e. The van der Waals surface area contributed by atoms with Crippen LogP contribution >= 0.6 is 31.9 Å². The van der Waals surface area contributed by atoms with Gasteiger partial charge in [0, 0.05) is 16.7 Å². The Kier molecular flexibility index (Phi) is 2.60. The van der Waals surface area contributed by atoms with Gasteiger partial charge < -0.3 is 5.32 Å². The van der Waals surface area contributed by atoms with E-state index in [4.69, 9.17) is 0 Å². The summed E-state index contributed by atoms with van der Waals surface area (Å²) in [6.07, 6.45) is 3.05. The van der Waals surface area contributed by atoms with Crippen LogP contribution in [0, 0.1) is 5.92 Å². The first-order valence-corrected chi connectivity index (χ1v) is 5.83. The van der Waals surface area contributed by atoms with Crippen LogP contribution in [-0.2, 0) is 0 Å². The molecule has 1 aromatic rings. The second-order valence-electron chi connectivity index (χ2n) is 3.46. The zero-order chi connectivity index (χ0) is 9.42. The first kappa shape index (κ1) is 9.46. The maximum Gasteiger partial charge on any atom is 0.129 e. The lowest BCUT2D eigenvalue weighted by Gasteiger charge is -2.06. The Labute approximate surface area is 94.4 Å². The summed E-state index contributed by atoms with van der Waals surface area (Å²) >= 11 is 6.81. The van der Waals surface area contributed by atoms with E-state index >= 15 is 0 Å². The maximum atomic E-state index is 4.19. The Balaban J connectivity index is 2.14. The number of hydrogen-bond donors (Lipinski definition) is 1. The Morgan fingerprint density at radius 3 is 2.85 bits per heavy atom. The largest absolute Gasteiger partial charge is 0.380 e. The number of halogens is 2. The number of anilines is 1. The quantitative estimate of drug-likeness (QED) is 0.847. The van der Waals surface area contributed by atoms with Crippen LogP contribution in [0.3, 0.4) is 0 Å². The van der Waals surface area contributed by atoms with Gasteiger partial charge in [0.2, 0.25) is 0 Å². The van der Waals surface area contributed by atoms with Crippen molar-refractivity contribution >= 4 is 37.5 Å². The third-order valence-corrected chi connectivity index (χ3v) is 3.32. The summed E-state index contributed by atoms with van der Waals surface area (Å²) in [6.45, 7) is 2.25. The van der Waals surface area contributed by atoms with E-state index in [2.05, 4.69) is 49.1 Å². The molecule has 4 heteroatoms. The molecule has 2 rings (SSSR count). The molecule has 13 heavy (non-hydrogen) atoms. The van der Waals surface area contributed by atoms with Gasteiger partial charge in [0.15, 0.2) is 0 Å². The number of pyridine rings is 1. The molecule has 1 saturated carbocycles. The first-order chi connectivity index (χ1) is 6.16. The topological polar surface area (TPSA) is 24.9 Å². The van der Waals surface area contributed by atoms with Gasteiger partial charge in [0.1, 0.15) is 4.60 Å². The number of rotatable bonds is 2. The summed E-state index contributed by atoms with van der Waals surface area (Å²) in [5.41, 5.74) is 1.07. The van der Waals surface area contributed by atoms with E-state index in [0.717, 1.165) is 20.7 Å². The third kappa shape index (κ3) is 2.23. The molecule has 1 fully saturated rings. The Morgan fingerprint density at radius 1 is 1.54 bits per heavy atom. The summed E-state index contributed by atoms with van der Waals surface area (Å²) in [5.74, 6) is 0.797. The lowest BCUT2D eigenvalue weighted by Crippen LogP contribution is -2.04. The molecule has 1 aromatic heterocycles. The van der Waals surface area contributed by atoms with Crippen molar-refractivity contribution in [2.45, 2.75) is 19.4 Å². The third-order valence-electron chi connectivity index (χ3n) is 2.26. The smallest absolute Gasteiger partial charge is 0.129 e. The molecule has 0 saturated heterocycles. The van der Waals surface area contributed by atoms with Crippen molar-refractivity contribution < 1.29 is 0 Å². The van der Waals surface area contributed by atoms with Crippen molar-refractivity contribution in [1.82, 2.24) is 4.98 Å². The highest BCUT2D eigenvalue weighted by atomic mass is 79.9. The predicted octanol–water partition coefficient (Wildman–Crippen LogP) is 3.43. The lowest BCUT2D eigenvalue weighted by atomic mass is 10.4. The molecule has 1 aliphatic carbocycles. The van der Waals surface area contributed by atoms with Crippen LogP contribution < -0.4 is 5.32 Å². The Bertz CT molecular complexity index is 327. The van der Waals surface area contributed by atoms with Gasteiger partial charge in [0.05, 0.1) is 5.69 Å². The van der Waals surface area contributed by atoms with Crippen LogP contribution in [0.5, 0.6) is 0 Å². The Morgan fingerprint density at radius 2 is 2.23 bits per heavy atom. The molecule has 70 valence electrons. The standard InChI is InChI=1S/C9H10Br2N2/c1-5-2-7(5)13-8-3-6(10)4-12-9(8)11/h3-5,7,13H,2H2,1H3. The molecule has 0 aromatic carbocycles. The van der Waals surface area contributed by atoms with Crippen molar-refractivity contribution in [3.8, 4) is 0 Å². The van der Waals surface area contributed by atoms with Crippen molar-refractivity contribution in [1.29, 1.82) is 0 Å². The molecule has 2 unspecified atom stereocenters. The van der Waals surface area contributed by atoms with Gasteiger partial charge in [-0.25, -0.2) is 4.98 Å². The van der Waals surface area contributed by atoms with Gasteiger partial charge in [-0.1, -0.05) is 6.92 Å². The minimum absolute atomic E-state index is 0.632. The van der Waals surface area contributed by atoms with Crippen LogP contribution in [0.4, 0.5) is 5.69 Å². The number of nitrogens with one attached hydrogen (secondary N) is 1. The zero-order valence-electron chi connectivity index (χ0n) is 7.22. The second-order valence-corrected chi connectivity index (χ2v) is 5.12. The highest BCUT2D eigenvalue weighted by Crippen LogP contribution is 2.35. The van der Waals surface area contributed by atoms with Gasteiger partial charge in [-0.05, 0) is 50.3 Å². The fourth-order valence-corrected chi connectivity index (χ4v) is 1.91. The monoisotopic (exact) mass is 304 g/mol. The number of nitrogens with zero attached hydrogens (tertiary/aromatic N) is 1. The van der Waals surface area contributed by atoms with E-state index in [1.165, 1.54) is 6.42 Å². The minimum atomic E-state index is 0.632. The van der Waals surface area contributed by atoms with Gasteiger partial charge in [0.25, 0.3) is 0 Å². The fourth-order valence-electron chi connectivity index (χ4n) is 1.25. The number of aromatic nitrogens is 1. The molecule has 2 atom stereocenters. The predicted molar refractivity (Wildman–Crippen MR) is 60.8 cm³/mol. The fraction of sp³-hybridized carbons (Fsp3) is 0.444. The summed E-state index contributed by atoms with van der Waals surface area (Å²) in [6, 6.07) is 2.68. The second kappa shape index (κ2) is 3.58. The molecular weight excluding hydrogens is 296 g/mol. The van der Waals surface area contributed by atoms with E-state index in [1.807, 2.05) is 6.07 Å². The molecule has 0 spiro atoms. The molecule has 0 aliphatic heterocycles. The van der Waals surface area contributed by atoms with Crippen LogP contribution in [0.2, 0.25) is 0 Å². The molecular formula is C9H10Br2N2. The SMILES string of the molecule is CC1CC1Nc1cc(Br)cnc1Br. The van der Waals surface area contributed by atoms with E-state index in [1.54, 1.807) is 6.20 Å². The molecule has 1 aliphatic rings. The van der Waals surface area contributed by atoms with Crippen molar-refractivity contribution in [2.75, 3.05) is 5.32 Å². The molecule has 2 nitrogen and oxygen atoms in total. The average Bonchev–Trinajstić information content (AvgIpc) is 2.75. The van der Waals surface area contributed by atoms with E-state index in [0.29, 0.717) is 6.04 Å². The highest BCUT2D eigenvalue weighted by Gasteiger charge is 2.32. The van der Waals surface area contributed by atoms with Crippen LogP contribution in [0.25, 0.3) is 0 Å². The van der Waals surface area contributed by atoms with Crippen LogP contribution in [-0.4, -0.2) is 11.0 Å². The molecule has 0 amide bonds. The zero-order valence-corrected chi connectivity index (χ0v) is 10.4.